The maximum Gasteiger partial charge on any atom is 0.155 e. The summed E-state index contributed by atoms with van der Waals surface area (Å²) in [5.41, 5.74) is 0.407. The Hall–Kier alpha value is -0.670. The van der Waals surface area contributed by atoms with Crippen LogP contribution in [0.5, 0.6) is 0 Å². The van der Waals surface area contributed by atoms with Crippen LogP contribution < -0.4 is 0 Å². The zero-order valence-corrected chi connectivity index (χ0v) is 15.1. The predicted octanol–water partition coefficient (Wildman–Crippen LogP) is 3.63. The van der Waals surface area contributed by atoms with E-state index in [0.29, 0.717) is 29.5 Å². The van der Waals surface area contributed by atoms with Gasteiger partial charge in [0.15, 0.2) is 5.78 Å². The molecule has 0 aliphatic heterocycles. The number of hydrogen-bond donors (Lipinski definition) is 2. The molecule has 0 bridgehead atoms. The minimum absolute atomic E-state index is 0.103. The lowest BCUT2D eigenvalue weighted by Gasteiger charge is -2.57. The Balaban J connectivity index is 1.66. The molecule has 0 spiro atoms. The SMILES string of the molecule is CCC12CC[C@H]3[C@@H](CCC4=CC(=O)CC[C@@H]43)[C@@H]1CC[C@@]2(O)[C@H](C)O. The quantitative estimate of drug-likeness (QED) is 0.812. The standard InChI is InChI=1S/C21H32O3/c1-3-20-10-8-17-16-7-5-15(23)12-14(16)4-6-18(17)19(20)9-11-21(20,24)13(2)22/h12-13,16-19,22,24H,3-11H2,1-2H3/t13-,16-,17+,18+,19-,20?,21+/m0/s1. The first kappa shape index (κ1) is 16.8. The monoisotopic (exact) mass is 332 g/mol. The molecule has 0 amide bonds. The van der Waals surface area contributed by atoms with Crippen LogP contribution >= 0.6 is 0 Å². The van der Waals surface area contributed by atoms with Gasteiger partial charge >= 0.3 is 0 Å². The number of hydrogen-bond acceptors (Lipinski definition) is 3. The van der Waals surface area contributed by atoms with Crippen LogP contribution in [0.3, 0.4) is 0 Å². The predicted molar refractivity (Wildman–Crippen MR) is 93.3 cm³/mol. The van der Waals surface area contributed by atoms with Gasteiger partial charge in [0.05, 0.1) is 11.7 Å². The molecule has 7 atom stereocenters. The maximum atomic E-state index is 11.8. The van der Waals surface area contributed by atoms with Gasteiger partial charge in [-0.2, -0.15) is 0 Å². The number of allylic oxidation sites excluding steroid dienone is 1. The average molecular weight is 332 g/mol. The highest BCUT2D eigenvalue weighted by Gasteiger charge is 2.65. The van der Waals surface area contributed by atoms with Gasteiger partial charge in [0.25, 0.3) is 0 Å². The Labute approximate surface area is 145 Å². The Morgan fingerprint density at radius 2 is 1.96 bits per heavy atom. The van der Waals surface area contributed by atoms with Gasteiger partial charge in [-0.15, -0.1) is 0 Å². The minimum atomic E-state index is -0.907. The fraction of sp³-hybridized carbons (Fsp3) is 0.857. The molecule has 0 aromatic heterocycles. The molecule has 3 heteroatoms. The summed E-state index contributed by atoms with van der Waals surface area (Å²) in [6.07, 6.45) is 10.3. The van der Waals surface area contributed by atoms with Gasteiger partial charge < -0.3 is 10.2 Å². The molecule has 4 aliphatic carbocycles. The second-order valence-electron chi connectivity index (χ2n) is 8.99. The van der Waals surface area contributed by atoms with E-state index in [-0.39, 0.29) is 5.41 Å². The van der Waals surface area contributed by atoms with Gasteiger partial charge in [0.2, 0.25) is 0 Å². The molecule has 0 aromatic rings. The van der Waals surface area contributed by atoms with Crippen molar-refractivity contribution in [2.45, 2.75) is 83.3 Å². The Kier molecular flexibility index (Phi) is 3.96. The van der Waals surface area contributed by atoms with E-state index >= 15 is 0 Å². The molecule has 1 unspecified atom stereocenters. The van der Waals surface area contributed by atoms with E-state index in [1.165, 1.54) is 12.0 Å². The molecule has 134 valence electrons. The highest BCUT2D eigenvalue weighted by molar-refractivity contribution is 5.91. The Morgan fingerprint density at radius 1 is 1.17 bits per heavy atom. The molecule has 0 heterocycles. The lowest BCUT2D eigenvalue weighted by Crippen LogP contribution is -2.58. The molecule has 3 nitrogen and oxygen atoms in total. The minimum Gasteiger partial charge on any atom is -0.390 e. The van der Waals surface area contributed by atoms with E-state index in [9.17, 15) is 15.0 Å². The first-order chi connectivity index (χ1) is 11.4. The largest absolute Gasteiger partial charge is 0.390 e. The summed E-state index contributed by atoms with van der Waals surface area (Å²) in [7, 11) is 0. The summed E-state index contributed by atoms with van der Waals surface area (Å²) in [6.45, 7) is 3.99. The molecule has 4 rings (SSSR count). The first-order valence-electron chi connectivity index (χ1n) is 10.1. The van der Waals surface area contributed by atoms with Gasteiger partial charge in [-0.25, -0.2) is 0 Å². The smallest absolute Gasteiger partial charge is 0.155 e. The molecule has 0 aromatic carbocycles. The van der Waals surface area contributed by atoms with Crippen molar-refractivity contribution in [1.29, 1.82) is 0 Å². The summed E-state index contributed by atoms with van der Waals surface area (Å²) in [5.74, 6) is 2.83. The van der Waals surface area contributed by atoms with Crippen molar-refractivity contribution >= 4 is 5.78 Å². The van der Waals surface area contributed by atoms with Crippen molar-refractivity contribution in [1.82, 2.24) is 0 Å². The lowest BCUT2D eigenvalue weighted by molar-refractivity contribution is -0.176. The van der Waals surface area contributed by atoms with Crippen molar-refractivity contribution in [3.05, 3.63) is 11.6 Å². The fourth-order valence-corrected chi connectivity index (χ4v) is 7.42. The van der Waals surface area contributed by atoms with E-state index in [4.69, 9.17) is 0 Å². The Morgan fingerprint density at radius 3 is 2.67 bits per heavy atom. The van der Waals surface area contributed by atoms with Crippen LogP contribution in [-0.4, -0.2) is 27.7 Å². The second-order valence-corrected chi connectivity index (χ2v) is 8.99. The zero-order valence-electron chi connectivity index (χ0n) is 15.1. The number of carbonyl (C=O) groups is 1. The highest BCUT2D eigenvalue weighted by Crippen LogP contribution is 2.66. The highest BCUT2D eigenvalue weighted by atomic mass is 16.3. The van der Waals surface area contributed by atoms with E-state index in [0.717, 1.165) is 51.4 Å². The van der Waals surface area contributed by atoms with Gasteiger partial charge in [-0.05, 0) is 88.0 Å². The number of ketones is 1. The molecule has 3 saturated carbocycles. The van der Waals surface area contributed by atoms with Crippen LogP contribution in [0, 0.1) is 29.1 Å². The van der Waals surface area contributed by atoms with Crippen molar-refractivity contribution < 1.29 is 15.0 Å². The fourth-order valence-electron chi connectivity index (χ4n) is 7.42. The zero-order chi connectivity index (χ0) is 17.1. The van der Waals surface area contributed by atoms with Crippen LogP contribution in [0.15, 0.2) is 11.6 Å². The van der Waals surface area contributed by atoms with Crippen molar-refractivity contribution in [2.24, 2.45) is 29.1 Å². The van der Waals surface area contributed by atoms with Gasteiger partial charge in [0.1, 0.15) is 0 Å². The van der Waals surface area contributed by atoms with Gasteiger partial charge in [-0.3, -0.25) is 4.79 Å². The lowest BCUT2D eigenvalue weighted by atomic mass is 9.49. The summed E-state index contributed by atoms with van der Waals surface area (Å²) < 4.78 is 0. The average Bonchev–Trinajstić information content (AvgIpc) is 2.89. The van der Waals surface area contributed by atoms with Crippen molar-refractivity contribution in [3.8, 4) is 0 Å². The van der Waals surface area contributed by atoms with Crippen LogP contribution in [-0.2, 0) is 4.79 Å². The maximum absolute atomic E-state index is 11.8. The van der Waals surface area contributed by atoms with Gasteiger partial charge in [0, 0.05) is 11.8 Å². The van der Waals surface area contributed by atoms with E-state index in [2.05, 4.69) is 6.92 Å². The summed E-state index contributed by atoms with van der Waals surface area (Å²) in [6, 6.07) is 0. The van der Waals surface area contributed by atoms with Crippen molar-refractivity contribution in [2.75, 3.05) is 0 Å². The van der Waals surface area contributed by atoms with Crippen LogP contribution in [0.2, 0.25) is 0 Å². The van der Waals surface area contributed by atoms with E-state index in [1.807, 2.05) is 6.08 Å². The third kappa shape index (κ3) is 2.07. The molecular formula is C21H32O3. The number of carbonyl (C=O) groups excluding carboxylic acids is 1. The van der Waals surface area contributed by atoms with Gasteiger partial charge in [-0.1, -0.05) is 12.5 Å². The number of aliphatic hydroxyl groups excluding tert-OH is 1. The number of aliphatic hydroxyl groups is 2. The molecule has 4 aliphatic rings. The molecule has 0 saturated heterocycles. The summed E-state index contributed by atoms with van der Waals surface area (Å²) >= 11 is 0. The van der Waals surface area contributed by atoms with Crippen LogP contribution in [0.1, 0.15) is 71.6 Å². The summed E-state index contributed by atoms with van der Waals surface area (Å²) in [4.78, 5) is 11.8. The summed E-state index contributed by atoms with van der Waals surface area (Å²) in [5, 5.41) is 21.7. The van der Waals surface area contributed by atoms with Crippen LogP contribution in [0.4, 0.5) is 0 Å². The number of fused-ring (bicyclic) bond motifs is 5. The van der Waals surface area contributed by atoms with Crippen LogP contribution in [0.25, 0.3) is 0 Å². The van der Waals surface area contributed by atoms with E-state index < -0.39 is 11.7 Å². The normalized spacial score (nSPS) is 49.0. The molecule has 24 heavy (non-hydrogen) atoms. The van der Waals surface area contributed by atoms with E-state index in [1.54, 1.807) is 6.92 Å². The third-order valence-corrected chi connectivity index (χ3v) is 8.53. The topological polar surface area (TPSA) is 57.5 Å². The number of rotatable bonds is 2. The molecule has 2 N–H and O–H groups in total. The third-order valence-electron chi connectivity index (χ3n) is 8.53. The molecule has 3 fully saturated rings. The molecular weight excluding hydrogens is 300 g/mol. The first-order valence-corrected chi connectivity index (χ1v) is 10.1. The van der Waals surface area contributed by atoms with Crippen molar-refractivity contribution in [3.63, 3.8) is 0 Å². The molecule has 0 radical (unpaired) electrons. The Bertz CT molecular complexity index is 565. The second kappa shape index (κ2) is 5.67.